The van der Waals surface area contributed by atoms with E-state index in [1.165, 1.54) is 12.1 Å². The smallest absolute Gasteiger partial charge is 0.290 e. The molecule has 0 unspecified atom stereocenters. The molecule has 154 valence electrons. The highest BCUT2D eigenvalue weighted by atomic mass is 19.1. The Morgan fingerprint density at radius 2 is 1.77 bits per heavy atom. The lowest BCUT2D eigenvalue weighted by atomic mass is 9.95. The van der Waals surface area contributed by atoms with Gasteiger partial charge in [0.1, 0.15) is 11.6 Å². The summed E-state index contributed by atoms with van der Waals surface area (Å²) < 4.78 is 24.4. The average Bonchev–Trinajstić information content (AvgIpc) is 3.22. The zero-order chi connectivity index (χ0) is 20.9. The maximum absolute atomic E-state index is 13.3. The van der Waals surface area contributed by atoms with Gasteiger partial charge in [0.25, 0.3) is 11.9 Å². The molecule has 1 N–H and O–H groups in total. The molecule has 0 bridgehead atoms. The van der Waals surface area contributed by atoms with Gasteiger partial charge >= 0.3 is 0 Å². The third-order valence-electron chi connectivity index (χ3n) is 5.00. The standard InChI is InChI=1S/C23H21FN2O4/c24-17-5-4-6-18(15-17)25-22(27)16-11-13-26(14-12-16)23(28)20-9-10-21(30-20)29-19-7-2-1-3-8-19/h1-10,15-16H,11-14H2,(H,25,27). The molecule has 6 nitrogen and oxygen atoms in total. The molecule has 0 radical (unpaired) electrons. The molecule has 2 amide bonds. The van der Waals surface area contributed by atoms with E-state index in [-0.39, 0.29) is 29.4 Å². The van der Waals surface area contributed by atoms with Crippen molar-refractivity contribution in [2.45, 2.75) is 12.8 Å². The van der Waals surface area contributed by atoms with Crippen LogP contribution in [0.4, 0.5) is 10.1 Å². The van der Waals surface area contributed by atoms with E-state index >= 15 is 0 Å². The van der Waals surface area contributed by atoms with E-state index in [4.69, 9.17) is 9.15 Å². The van der Waals surface area contributed by atoms with E-state index < -0.39 is 5.82 Å². The Morgan fingerprint density at radius 1 is 1.00 bits per heavy atom. The first-order chi connectivity index (χ1) is 14.6. The Labute approximate surface area is 173 Å². The summed E-state index contributed by atoms with van der Waals surface area (Å²) in [6, 6.07) is 18.2. The second kappa shape index (κ2) is 8.82. The Hall–Kier alpha value is -3.61. The Balaban J connectivity index is 1.30. The van der Waals surface area contributed by atoms with Crippen LogP contribution in [-0.4, -0.2) is 29.8 Å². The van der Waals surface area contributed by atoms with Crippen molar-refractivity contribution in [3.8, 4) is 11.7 Å². The molecule has 1 aliphatic heterocycles. The van der Waals surface area contributed by atoms with Crippen LogP contribution in [-0.2, 0) is 4.79 Å². The number of rotatable bonds is 5. The van der Waals surface area contributed by atoms with Gasteiger partial charge in [-0.2, -0.15) is 0 Å². The normalized spacial score (nSPS) is 14.4. The summed E-state index contributed by atoms with van der Waals surface area (Å²) >= 11 is 0. The van der Waals surface area contributed by atoms with Gasteiger partial charge in [0.2, 0.25) is 5.91 Å². The molecular weight excluding hydrogens is 387 g/mol. The number of furan rings is 1. The van der Waals surface area contributed by atoms with E-state index in [1.54, 1.807) is 41.3 Å². The van der Waals surface area contributed by atoms with Gasteiger partial charge in [-0.3, -0.25) is 9.59 Å². The minimum atomic E-state index is -0.401. The largest absolute Gasteiger partial charge is 0.426 e. The van der Waals surface area contributed by atoms with Gasteiger partial charge < -0.3 is 19.4 Å². The number of carbonyl (C=O) groups excluding carboxylic acids is 2. The summed E-state index contributed by atoms with van der Waals surface area (Å²) in [6.45, 7) is 0.880. The summed E-state index contributed by atoms with van der Waals surface area (Å²) in [5, 5.41) is 2.74. The molecule has 4 rings (SSSR count). The quantitative estimate of drug-likeness (QED) is 0.664. The predicted molar refractivity (Wildman–Crippen MR) is 109 cm³/mol. The van der Waals surface area contributed by atoms with Gasteiger partial charge in [-0.15, -0.1) is 0 Å². The molecule has 0 aliphatic carbocycles. The van der Waals surface area contributed by atoms with E-state index in [9.17, 15) is 14.0 Å². The SMILES string of the molecule is O=C(Nc1cccc(F)c1)C1CCN(C(=O)c2ccc(Oc3ccccc3)o2)CC1. The number of hydrogen-bond donors (Lipinski definition) is 1. The summed E-state index contributed by atoms with van der Waals surface area (Å²) in [4.78, 5) is 26.8. The van der Waals surface area contributed by atoms with E-state index in [2.05, 4.69) is 5.32 Å². The summed E-state index contributed by atoms with van der Waals surface area (Å²) in [5.74, 6) is 0.0350. The minimum Gasteiger partial charge on any atom is -0.426 e. The van der Waals surface area contributed by atoms with Crippen molar-refractivity contribution in [2.75, 3.05) is 18.4 Å². The number of para-hydroxylation sites is 1. The molecule has 0 spiro atoms. The van der Waals surface area contributed by atoms with Crippen LogP contribution in [0.1, 0.15) is 23.4 Å². The molecule has 0 atom stereocenters. The van der Waals surface area contributed by atoms with Crippen LogP contribution >= 0.6 is 0 Å². The van der Waals surface area contributed by atoms with E-state index in [0.29, 0.717) is 37.4 Å². The lowest BCUT2D eigenvalue weighted by molar-refractivity contribution is -0.121. The molecule has 0 saturated carbocycles. The third-order valence-corrected chi connectivity index (χ3v) is 5.00. The number of nitrogens with zero attached hydrogens (tertiary/aromatic N) is 1. The number of likely N-dealkylation sites (tertiary alicyclic amines) is 1. The van der Waals surface area contributed by atoms with Crippen molar-refractivity contribution in [1.82, 2.24) is 4.90 Å². The fourth-order valence-corrected chi connectivity index (χ4v) is 3.41. The molecule has 3 aromatic rings. The Kier molecular flexibility index (Phi) is 5.79. The van der Waals surface area contributed by atoms with Crippen LogP contribution in [0.2, 0.25) is 0 Å². The predicted octanol–water partition coefficient (Wildman–Crippen LogP) is 4.70. The number of piperidine rings is 1. The van der Waals surface area contributed by atoms with Gasteiger partial charge in [-0.05, 0) is 49.2 Å². The average molecular weight is 408 g/mol. The van der Waals surface area contributed by atoms with Crippen LogP contribution in [0, 0.1) is 11.7 Å². The summed E-state index contributed by atoms with van der Waals surface area (Å²) in [6.07, 6.45) is 1.06. The molecule has 7 heteroatoms. The third kappa shape index (κ3) is 4.68. The van der Waals surface area contributed by atoms with Gasteiger partial charge in [0.05, 0.1) is 0 Å². The lowest BCUT2D eigenvalue weighted by Crippen LogP contribution is -2.41. The maximum Gasteiger partial charge on any atom is 0.290 e. The molecular formula is C23H21FN2O4. The first-order valence-corrected chi connectivity index (χ1v) is 9.77. The van der Waals surface area contributed by atoms with E-state index in [0.717, 1.165) is 0 Å². The van der Waals surface area contributed by atoms with Crippen molar-refractivity contribution in [3.05, 3.63) is 78.3 Å². The highest BCUT2D eigenvalue weighted by Crippen LogP contribution is 2.26. The number of anilines is 1. The number of hydrogen-bond acceptors (Lipinski definition) is 4. The number of halogens is 1. The number of carbonyl (C=O) groups is 2. The van der Waals surface area contributed by atoms with Gasteiger partial charge in [0.15, 0.2) is 5.76 Å². The van der Waals surface area contributed by atoms with Crippen molar-refractivity contribution in [3.63, 3.8) is 0 Å². The van der Waals surface area contributed by atoms with Crippen LogP contribution in [0.5, 0.6) is 11.7 Å². The minimum absolute atomic E-state index is 0.163. The number of ether oxygens (including phenoxy) is 1. The Bertz CT molecular complexity index is 1030. The fourth-order valence-electron chi connectivity index (χ4n) is 3.41. The number of benzene rings is 2. The van der Waals surface area contributed by atoms with Crippen molar-refractivity contribution in [2.24, 2.45) is 5.92 Å². The zero-order valence-corrected chi connectivity index (χ0v) is 16.2. The first kappa shape index (κ1) is 19.7. The lowest BCUT2D eigenvalue weighted by Gasteiger charge is -2.30. The van der Waals surface area contributed by atoms with E-state index in [1.807, 2.05) is 18.2 Å². The fraction of sp³-hybridized carbons (Fsp3) is 0.217. The molecule has 2 heterocycles. The van der Waals surface area contributed by atoms with Crippen molar-refractivity contribution < 1.29 is 23.1 Å². The van der Waals surface area contributed by atoms with Crippen LogP contribution in [0.25, 0.3) is 0 Å². The topological polar surface area (TPSA) is 71.8 Å². The zero-order valence-electron chi connectivity index (χ0n) is 16.2. The Morgan fingerprint density at radius 3 is 2.50 bits per heavy atom. The van der Waals surface area contributed by atoms with Crippen LogP contribution in [0.15, 0.2) is 71.1 Å². The first-order valence-electron chi connectivity index (χ1n) is 9.77. The van der Waals surface area contributed by atoms with Crippen LogP contribution < -0.4 is 10.1 Å². The molecule has 1 aromatic heterocycles. The summed E-state index contributed by atoms with van der Waals surface area (Å²) in [5.41, 5.74) is 0.431. The molecule has 1 fully saturated rings. The highest BCUT2D eigenvalue weighted by Gasteiger charge is 2.29. The van der Waals surface area contributed by atoms with Gasteiger partial charge in [-0.1, -0.05) is 24.3 Å². The molecule has 30 heavy (non-hydrogen) atoms. The van der Waals surface area contributed by atoms with Gasteiger partial charge in [0, 0.05) is 30.8 Å². The van der Waals surface area contributed by atoms with Crippen LogP contribution in [0.3, 0.4) is 0 Å². The number of nitrogens with one attached hydrogen (secondary N) is 1. The van der Waals surface area contributed by atoms with Crippen molar-refractivity contribution >= 4 is 17.5 Å². The highest BCUT2D eigenvalue weighted by molar-refractivity contribution is 5.94. The second-order valence-electron chi connectivity index (χ2n) is 7.10. The second-order valence-corrected chi connectivity index (χ2v) is 7.10. The molecule has 1 aliphatic rings. The monoisotopic (exact) mass is 408 g/mol. The summed E-state index contributed by atoms with van der Waals surface area (Å²) in [7, 11) is 0. The molecule has 2 aromatic carbocycles. The van der Waals surface area contributed by atoms with Gasteiger partial charge in [-0.25, -0.2) is 4.39 Å². The van der Waals surface area contributed by atoms with Crippen molar-refractivity contribution in [1.29, 1.82) is 0 Å². The maximum atomic E-state index is 13.3. The molecule has 1 saturated heterocycles. The number of amides is 2.